The van der Waals surface area contributed by atoms with Gasteiger partial charge >= 0.3 is 0 Å². The summed E-state index contributed by atoms with van der Waals surface area (Å²) in [6.07, 6.45) is 3.04. The Labute approximate surface area is 123 Å². The summed E-state index contributed by atoms with van der Waals surface area (Å²) in [6.45, 7) is 0.115. The van der Waals surface area contributed by atoms with Crippen LogP contribution in [0.15, 0.2) is 11.0 Å². The Bertz CT molecular complexity index is 779. The Balaban J connectivity index is 1.84. The van der Waals surface area contributed by atoms with E-state index in [4.69, 9.17) is 4.74 Å². The fourth-order valence-corrected chi connectivity index (χ4v) is 3.00. The van der Waals surface area contributed by atoms with Gasteiger partial charge in [0, 0.05) is 19.1 Å². The summed E-state index contributed by atoms with van der Waals surface area (Å²) in [4.78, 5) is 16.7. The lowest BCUT2D eigenvalue weighted by Gasteiger charge is -2.26. The first-order chi connectivity index (χ1) is 10.6. The van der Waals surface area contributed by atoms with Gasteiger partial charge in [-0.1, -0.05) is 0 Å². The van der Waals surface area contributed by atoms with Crippen LogP contribution >= 0.6 is 0 Å². The smallest absolute Gasteiger partial charge is 0.282 e. The normalized spacial score (nSPS) is 21.5. The van der Waals surface area contributed by atoms with Crippen LogP contribution in [0.5, 0.6) is 0 Å². The summed E-state index contributed by atoms with van der Waals surface area (Å²) in [6, 6.07) is 0. The molecular weight excluding hydrogens is 296 g/mol. The number of alkyl halides is 2. The third kappa shape index (κ3) is 2.07. The van der Waals surface area contributed by atoms with Gasteiger partial charge < -0.3 is 10.1 Å². The summed E-state index contributed by atoms with van der Waals surface area (Å²) < 4.78 is 34.7. The van der Waals surface area contributed by atoms with Crippen molar-refractivity contribution in [1.82, 2.24) is 19.2 Å². The molecule has 0 atom stereocenters. The topological polar surface area (TPSA) is 73.4 Å². The van der Waals surface area contributed by atoms with Gasteiger partial charge in [0.05, 0.1) is 19.3 Å². The maximum Gasteiger partial charge on any atom is 0.282 e. The number of rotatable bonds is 1. The van der Waals surface area contributed by atoms with Crippen LogP contribution in [0.3, 0.4) is 0 Å². The van der Waals surface area contributed by atoms with Crippen LogP contribution in [0.2, 0.25) is 0 Å². The minimum Gasteiger partial charge on any atom is -0.381 e. The lowest BCUT2D eigenvalue weighted by Crippen LogP contribution is -2.44. The monoisotopic (exact) mass is 311 g/mol. The zero-order valence-corrected chi connectivity index (χ0v) is 11.8. The van der Waals surface area contributed by atoms with Gasteiger partial charge in [-0.3, -0.25) is 9.36 Å². The molecule has 2 aromatic rings. The zero-order valence-electron chi connectivity index (χ0n) is 11.8. The average Bonchev–Trinajstić information content (AvgIpc) is 2.93. The van der Waals surface area contributed by atoms with Gasteiger partial charge in [-0.05, 0) is 12.8 Å². The molecule has 22 heavy (non-hydrogen) atoms. The van der Waals surface area contributed by atoms with E-state index in [0.29, 0.717) is 19.0 Å². The number of fused-ring (bicyclic) bond motifs is 2. The Kier molecular flexibility index (Phi) is 2.93. The van der Waals surface area contributed by atoms with Crippen molar-refractivity contribution in [3.05, 3.63) is 22.4 Å². The Hall–Kier alpha value is -2.03. The summed E-state index contributed by atoms with van der Waals surface area (Å²) in [5.41, 5.74) is -0.271. The number of nitrogens with zero attached hydrogens (tertiary/aromatic N) is 4. The predicted octanol–water partition coefficient (Wildman–Crippen LogP) is 0.846. The van der Waals surface area contributed by atoms with Crippen LogP contribution < -0.4 is 10.9 Å². The third-order valence-electron chi connectivity index (χ3n) is 4.16. The molecule has 2 aliphatic heterocycles. The first-order valence-electron chi connectivity index (χ1n) is 7.23. The van der Waals surface area contributed by atoms with Gasteiger partial charge in [-0.2, -0.15) is 0 Å². The van der Waals surface area contributed by atoms with Crippen molar-refractivity contribution in [1.29, 1.82) is 0 Å². The Morgan fingerprint density at radius 3 is 2.91 bits per heavy atom. The van der Waals surface area contributed by atoms with Crippen molar-refractivity contribution in [3.8, 4) is 0 Å². The molecule has 0 aliphatic carbocycles. The fraction of sp³-hybridized carbons (Fsp3) is 0.615. The van der Waals surface area contributed by atoms with E-state index in [1.54, 1.807) is 0 Å². The number of nitrogens with one attached hydrogen (secondary N) is 1. The maximum absolute atomic E-state index is 13.5. The molecule has 118 valence electrons. The highest BCUT2D eigenvalue weighted by Crippen LogP contribution is 2.27. The molecule has 1 N–H and O–H groups in total. The van der Waals surface area contributed by atoms with E-state index >= 15 is 0 Å². The first kappa shape index (κ1) is 13.6. The molecule has 2 aromatic heterocycles. The minimum absolute atomic E-state index is 0.162. The largest absolute Gasteiger partial charge is 0.381 e. The third-order valence-corrected chi connectivity index (χ3v) is 4.16. The second-order valence-corrected chi connectivity index (χ2v) is 5.72. The van der Waals surface area contributed by atoms with E-state index in [9.17, 15) is 13.6 Å². The van der Waals surface area contributed by atoms with Crippen LogP contribution in [0.25, 0.3) is 5.52 Å². The van der Waals surface area contributed by atoms with Gasteiger partial charge in [0.1, 0.15) is 5.82 Å². The number of ether oxygens (including phenoxy) is 1. The number of hydrogen-bond acceptors (Lipinski definition) is 5. The van der Waals surface area contributed by atoms with Crippen LogP contribution in [-0.4, -0.2) is 44.8 Å². The molecule has 2 aliphatic rings. The predicted molar refractivity (Wildman–Crippen MR) is 73.5 cm³/mol. The van der Waals surface area contributed by atoms with Crippen molar-refractivity contribution >= 4 is 11.5 Å². The standard InChI is InChI=1S/C13H15F2N5O2/c14-13(15)6-17-12-18-20-9(11(21)19(12)7-13)5-16-10(20)8-1-3-22-4-2-8/h5,8H,1-4,6-7H2,(H,17,18). The fourth-order valence-electron chi connectivity index (χ4n) is 3.00. The highest BCUT2D eigenvalue weighted by Gasteiger charge is 2.36. The summed E-state index contributed by atoms with van der Waals surface area (Å²) in [5.74, 6) is -1.94. The zero-order chi connectivity index (χ0) is 15.3. The second kappa shape index (κ2) is 4.73. The van der Waals surface area contributed by atoms with Crippen LogP contribution in [0.1, 0.15) is 24.6 Å². The molecule has 0 amide bonds. The molecule has 0 bridgehead atoms. The van der Waals surface area contributed by atoms with Crippen LogP contribution in [0, 0.1) is 0 Å². The molecule has 4 rings (SSSR count). The first-order valence-corrected chi connectivity index (χ1v) is 7.23. The van der Waals surface area contributed by atoms with Crippen molar-refractivity contribution in [2.75, 3.05) is 25.1 Å². The summed E-state index contributed by atoms with van der Waals surface area (Å²) in [5, 5.41) is 6.84. The highest BCUT2D eigenvalue weighted by atomic mass is 19.3. The molecule has 9 heteroatoms. The van der Waals surface area contributed by atoms with Crippen molar-refractivity contribution < 1.29 is 13.5 Å². The lowest BCUT2D eigenvalue weighted by molar-refractivity contribution is -0.00936. The van der Waals surface area contributed by atoms with Gasteiger partial charge in [-0.15, -0.1) is 5.10 Å². The molecule has 1 fully saturated rings. The van der Waals surface area contributed by atoms with Crippen LogP contribution in [0.4, 0.5) is 14.7 Å². The molecule has 0 radical (unpaired) electrons. The second-order valence-electron chi connectivity index (χ2n) is 5.72. The van der Waals surface area contributed by atoms with E-state index in [1.165, 1.54) is 10.7 Å². The molecule has 4 heterocycles. The maximum atomic E-state index is 13.5. The minimum atomic E-state index is -2.96. The number of halogens is 2. The summed E-state index contributed by atoms with van der Waals surface area (Å²) in [7, 11) is 0. The number of hydrogen-bond donors (Lipinski definition) is 1. The van der Waals surface area contributed by atoms with Crippen molar-refractivity contribution in [2.24, 2.45) is 0 Å². The van der Waals surface area contributed by atoms with E-state index in [0.717, 1.165) is 17.4 Å². The van der Waals surface area contributed by atoms with Crippen molar-refractivity contribution in [2.45, 2.75) is 31.2 Å². The van der Waals surface area contributed by atoms with Gasteiger partial charge in [0.25, 0.3) is 11.5 Å². The highest BCUT2D eigenvalue weighted by molar-refractivity contribution is 5.46. The molecule has 1 saturated heterocycles. The molecule has 0 spiro atoms. The van der Waals surface area contributed by atoms with E-state index in [2.05, 4.69) is 15.4 Å². The summed E-state index contributed by atoms with van der Waals surface area (Å²) >= 11 is 0. The molecule has 0 aromatic carbocycles. The van der Waals surface area contributed by atoms with Gasteiger partial charge in [-0.25, -0.2) is 18.3 Å². The van der Waals surface area contributed by atoms with E-state index < -0.39 is 24.6 Å². The molecular formula is C13H15F2N5O2. The Morgan fingerprint density at radius 1 is 1.36 bits per heavy atom. The molecule has 0 unspecified atom stereocenters. The van der Waals surface area contributed by atoms with Gasteiger partial charge in [0.15, 0.2) is 5.52 Å². The molecule has 0 saturated carbocycles. The van der Waals surface area contributed by atoms with Crippen molar-refractivity contribution in [3.63, 3.8) is 0 Å². The number of imidazole rings is 1. The van der Waals surface area contributed by atoms with Crippen LogP contribution in [-0.2, 0) is 11.3 Å². The number of aromatic nitrogens is 4. The molecule has 7 nitrogen and oxygen atoms in total. The lowest BCUT2D eigenvalue weighted by atomic mass is 10.00. The Morgan fingerprint density at radius 2 is 2.14 bits per heavy atom. The average molecular weight is 311 g/mol. The van der Waals surface area contributed by atoms with E-state index in [1.807, 2.05) is 0 Å². The van der Waals surface area contributed by atoms with Gasteiger partial charge in [0.2, 0.25) is 5.95 Å². The quantitative estimate of drug-likeness (QED) is 0.845. The SMILES string of the molecule is O=c1c2cnc(C3CCOCC3)n2nc2n1CC(F)(F)CN2. The number of anilines is 1. The van der Waals surface area contributed by atoms with E-state index in [-0.39, 0.29) is 17.4 Å².